The molecule has 2 fully saturated rings. The molecule has 41 heavy (non-hydrogen) atoms. The van der Waals surface area contributed by atoms with Gasteiger partial charge in [0.2, 0.25) is 11.8 Å². The minimum Gasteiger partial charge on any atom is -0.467 e. The lowest BCUT2D eigenvalue weighted by Crippen LogP contribution is -2.61. The molecule has 2 unspecified atom stereocenters. The lowest BCUT2D eigenvalue weighted by molar-refractivity contribution is -0.148. The summed E-state index contributed by atoms with van der Waals surface area (Å²) in [5, 5.41) is 5.77. The topological polar surface area (TPSA) is 127 Å². The Morgan fingerprint density at radius 1 is 1.10 bits per heavy atom. The molecule has 2 aliphatic carbocycles. The molecular weight excluding hydrogens is 524 g/mol. The Kier molecular flexibility index (Phi) is 8.19. The molecule has 1 saturated carbocycles. The van der Waals surface area contributed by atoms with Crippen molar-refractivity contribution in [2.75, 3.05) is 13.7 Å². The summed E-state index contributed by atoms with van der Waals surface area (Å²) >= 11 is 0. The molecule has 6 atom stereocenters. The molecule has 226 valence electrons. The SMILES string of the molecule is COC(=O)C(NC(=O)[C@@H]1[C@@H]2[C@H](CN1C(=O)[C@@H](NC(=O)OC(C)(C)C)C(C)(C)C)C2(C)C)C1CCCc2ccncc21. The van der Waals surface area contributed by atoms with Gasteiger partial charge in [0.1, 0.15) is 23.7 Å². The van der Waals surface area contributed by atoms with Crippen LogP contribution in [0.25, 0.3) is 0 Å². The third kappa shape index (κ3) is 6.21. The Balaban J connectivity index is 1.61. The highest BCUT2D eigenvalue weighted by Crippen LogP contribution is 2.65. The van der Waals surface area contributed by atoms with Crippen LogP contribution >= 0.6 is 0 Å². The number of alkyl carbamates (subject to hydrolysis) is 1. The van der Waals surface area contributed by atoms with Gasteiger partial charge in [0.15, 0.2) is 0 Å². The van der Waals surface area contributed by atoms with Crippen molar-refractivity contribution in [1.29, 1.82) is 0 Å². The number of fused-ring (bicyclic) bond motifs is 2. The molecule has 1 aromatic heterocycles. The van der Waals surface area contributed by atoms with Crippen molar-refractivity contribution in [1.82, 2.24) is 20.5 Å². The molecule has 0 aromatic carbocycles. The van der Waals surface area contributed by atoms with Crippen LogP contribution in [0.3, 0.4) is 0 Å². The normalized spacial score (nSPS) is 26.1. The van der Waals surface area contributed by atoms with E-state index in [1.165, 1.54) is 7.11 Å². The van der Waals surface area contributed by atoms with E-state index in [9.17, 15) is 19.2 Å². The number of aryl methyl sites for hydroxylation is 1. The summed E-state index contributed by atoms with van der Waals surface area (Å²) in [7, 11) is 1.32. The standard InChI is InChI=1S/C31H46N4O6/c1-29(2,3)24(34-28(39)41-30(4,5)6)26(37)35-16-20-21(31(20,7)8)23(35)25(36)33-22(27(38)40-9)18-12-10-11-17-13-14-32-15-19(17)18/h13-15,18,20-24H,10-12,16H2,1-9H3,(H,33,36)(H,34,39)/t18?,20-,21-,22?,23-,24+/m0/s1. The quantitative estimate of drug-likeness (QED) is 0.501. The molecule has 0 spiro atoms. The second-order valence-electron chi connectivity index (χ2n) is 14.4. The number of likely N-dealkylation sites (tertiary alicyclic amines) is 1. The van der Waals surface area contributed by atoms with Crippen LogP contribution in [0.1, 0.15) is 85.3 Å². The summed E-state index contributed by atoms with van der Waals surface area (Å²) in [6.07, 6.45) is 5.28. The average molecular weight is 571 g/mol. The molecule has 3 aliphatic rings. The van der Waals surface area contributed by atoms with Crippen LogP contribution in [0.2, 0.25) is 0 Å². The average Bonchev–Trinajstić information content (AvgIpc) is 3.20. The number of methoxy groups -OCH3 is 1. The highest BCUT2D eigenvalue weighted by molar-refractivity contribution is 5.95. The highest BCUT2D eigenvalue weighted by Gasteiger charge is 2.70. The number of esters is 1. The van der Waals surface area contributed by atoms with Crippen LogP contribution in [-0.4, -0.2) is 71.1 Å². The number of ether oxygens (including phenoxy) is 2. The van der Waals surface area contributed by atoms with Crippen molar-refractivity contribution >= 4 is 23.9 Å². The fraction of sp³-hybridized carbons (Fsp3) is 0.710. The number of amides is 3. The highest BCUT2D eigenvalue weighted by atomic mass is 16.6. The van der Waals surface area contributed by atoms with Crippen molar-refractivity contribution < 1.29 is 28.7 Å². The zero-order valence-corrected chi connectivity index (χ0v) is 25.9. The molecule has 0 bridgehead atoms. The summed E-state index contributed by atoms with van der Waals surface area (Å²) in [5.74, 6) is -1.45. The molecule has 1 aromatic rings. The van der Waals surface area contributed by atoms with E-state index in [1.54, 1.807) is 38.1 Å². The van der Waals surface area contributed by atoms with Crippen LogP contribution in [0.4, 0.5) is 4.79 Å². The fourth-order valence-corrected chi connectivity index (χ4v) is 6.75. The molecule has 4 rings (SSSR count). The summed E-state index contributed by atoms with van der Waals surface area (Å²) in [5.41, 5.74) is 0.545. The number of hydrogen-bond acceptors (Lipinski definition) is 7. The molecule has 3 amide bonds. The van der Waals surface area contributed by atoms with Gasteiger partial charge < -0.3 is 25.0 Å². The third-order valence-electron chi connectivity index (χ3n) is 9.00. The molecule has 1 saturated heterocycles. The number of hydrogen-bond donors (Lipinski definition) is 2. The first-order chi connectivity index (χ1) is 19.0. The van der Waals surface area contributed by atoms with Crippen molar-refractivity contribution in [3.63, 3.8) is 0 Å². The van der Waals surface area contributed by atoms with E-state index in [1.807, 2.05) is 26.8 Å². The van der Waals surface area contributed by atoms with Gasteiger partial charge in [0, 0.05) is 24.9 Å². The van der Waals surface area contributed by atoms with Crippen LogP contribution in [0.5, 0.6) is 0 Å². The summed E-state index contributed by atoms with van der Waals surface area (Å²) in [6, 6.07) is -0.652. The predicted molar refractivity (Wildman–Crippen MR) is 153 cm³/mol. The molecule has 0 radical (unpaired) electrons. The van der Waals surface area contributed by atoms with Crippen molar-refractivity contribution in [3.8, 4) is 0 Å². The van der Waals surface area contributed by atoms with Crippen LogP contribution < -0.4 is 10.6 Å². The number of carbonyl (C=O) groups excluding carboxylic acids is 4. The molecular formula is C31H46N4O6. The fourth-order valence-electron chi connectivity index (χ4n) is 6.75. The van der Waals surface area contributed by atoms with Gasteiger partial charge in [-0.15, -0.1) is 0 Å². The van der Waals surface area contributed by atoms with E-state index in [-0.39, 0.29) is 35.0 Å². The first-order valence-corrected chi connectivity index (χ1v) is 14.6. The molecule has 2 N–H and O–H groups in total. The Morgan fingerprint density at radius 3 is 2.39 bits per heavy atom. The van der Waals surface area contributed by atoms with Gasteiger partial charge >= 0.3 is 12.1 Å². The van der Waals surface area contributed by atoms with Gasteiger partial charge in [-0.05, 0) is 79.9 Å². The van der Waals surface area contributed by atoms with Gasteiger partial charge in [0.05, 0.1) is 7.11 Å². The molecule has 2 heterocycles. The van der Waals surface area contributed by atoms with Crippen LogP contribution in [-0.2, 0) is 30.3 Å². The van der Waals surface area contributed by atoms with Crippen LogP contribution in [0.15, 0.2) is 18.5 Å². The number of nitrogens with one attached hydrogen (secondary N) is 2. The van der Waals surface area contributed by atoms with Gasteiger partial charge in [-0.2, -0.15) is 0 Å². The zero-order valence-electron chi connectivity index (χ0n) is 25.9. The smallest absolute Gasteiger partial charge is 0.408 e. The number of aromatic nitrogens is 1. The van der Waals surface area contributed by atoms with Gasteiger partial charge in [-0.1, -0.05) is 34.6 Å². The van der Waals surface area contributed by atoms with Crippen molar-refractivity contribution in [2.24, 2.45) is 22.7 Å². The first kappa shape index (κ1) is 30.8. The van der Waals surface area contributed by atoms with E-state index >= 15 is 0 Å². The van der Waals surface area contributed by atoms with Crippen LogP contribution in [0, 0.1) is 22.7 Å². The largest absolute Gasteiger partial charge is 0.467 e. The van der Waals surface area contributed by atoms with E-state index in [2.05, 4.69) is 29.5 Å². The second kappa shape index (κ2) is 10.9. The van der Waals surface area contributed by atoms with E-state index in [0.29, 0.717) is 13.0 Å². The molecule has 10 heteroatoms. The minimum atomic E-state index is -0.916. The maximum atomic E-state index is 14.1. The van der Waals surface area contributed by atoms with Crippen molar-refractivity contribution in [3.05, 3.63) is 29.6 Å². The Bertz CT molecular complexity index is 1200. The first-order valence-electron chi connectivity index (χ1n) is 14.6. The maximum absolute atomic E-state index is 14.1. The third-order valence-corrected chi connectivity index (χ3v) is 9.00. The zero-order chi connectivity index (χ0) is 30.5. The van der Waals surface area contributed by atoms with Gasteiger partial charge in [-0.3, -0.25) is 14.6 Å². The Hall–Kier alpha value is -3.17. The molecule has 1 aliphatic heterocycles. The van der Waals surface area contributed by atoms with E-state index in [0.717, 1.165) is 24.0 Å². The number of rotatable bonds is 6. The lowest BCUT2D eigenvalue weighted by Gasteiger charge is -2.38. The van der Waals surface area contributed by atoms with E-state index in [4.69, 9.17) is 9.47 Å². The Morgan fingerprint density at radius 2 is 1.78 bits per heavy atom. The second-order valence-corrected chi connectivity index (χ2v) is 14.4. The van der Waals surface area contributed by atoms with Gasteiger partial charge in [0.25, 0.3) is 0 Å². The minimum absolute atomic E-state index is 0.0628. The molecule has 10 nitrogen and oxygen atoms in total. The lowest BCUT2D eigenvalue weighted by atomic mass is 9.79. The van der Waals surface area contributed by atoms with Gasteiger partial charge in [-0.25, -0.2) is 9.59 Å². The monoisotopic (exact) mass is 570 g/mol. The van der Waals surface area contributed by atoms with E-state index < -0.39 is 41.2 Å². The number of pyridine rings is 1. The summed E-state index contributed by atoms with van der Waals surface area (Å²) in [4.78, 5) is 59.9. The maximum Gasteiger partial charge on any atom is 0.408 e. The summed E-state index contributed by atoms with van der Waals surface area (Å²) in [6.45, 7) is 15.5. The number of carbonyl (C=O) groups is 4. The Labute approximate surface area is 243 Å². The number of nitrogens with zero attached hydrogens (tertiary/aromatic N) is 2. The number of piperidine rings is 1. The predicted octanol–water partition coefficient (Wildman–Crippen LogP) is 3.58. The van der Waals surface area contributed by atoms with Crippen molar-refractivity contribution in [2.45, 2.75) is 104 Å². The summed E-state index contributed by atoms with van der Waals surface area (Å²) < 4.78 is 10.6.